The molecule has 1 unspecified atom stereocenters. The van der Waals surface area contributed by atoms with Gasteiger partial charge in [0.2, 0.25) is 5.91 Å². The summed E-state index contributed by atoms with van der Waals surface area (Å²) in [6.45, 7) is 2.27. The van der Waals surface area contributed by atoms with Crippen LogP contribution in [0, 0.1) is 0 Å². The first-order valence-corrected chi connectivity index (χ1v) is 5.27. The molecule has 5 N–H and O–H groups in total. The molecule has 0 radical (unpaired) electrons. The summed E-state index contributed by atoms with van der Waals surface area (Å²) in [6, 6.07) is -1.01. The van der Waals surface area contributed by atoms with Crippen molar-refractivity contribution in [1.29, 1.82) is 0 Å². The highest BCUT2D eigenvalue weighted by molar-refractivity contribution is 5.93. The van der Waals surface area contributed by atoms with Gasteiger partial charge in [0.15, 0.2) is 0 Å². The topological polar surface area (TPSA) is 129 Å². The van der Waals surface area contributed by atoms with E-state index in [2.05, 4.69) is 10.3 Å². The largest absolute Gasteiger partial charge is 0.351 e. The van der Waals surface area contributed by atoms with E-state index in [-0.39, 0.29) is 12.5 Å². The molecule has 3 amide bonds. The van der Waals surface area contributed by atoms with E-state index >= 15 is 0 Å². The molecule has 0 fully saturated rings. The maximum atomic E-state index is 11.1. The number of aromatic nitrogens is 3. The molecule has 0 aliphatic carbocycles. The number of imide groups is 1. The summed E-state index contributed by atoms with van der Waals surface area (Å²) in [4.78, 5) is 21.5. The third-order valence-corrected chi connectivity index (χ3v) is 2.21. The van der Waals surface area contributed by atoms with Crippen molar-refractivity contribution < 1.29 is 9.59 Å². The maximum absolute atomic E-state index is 11.1. The third kappa shape index (κ3) is 4.19. The second kappa shape index (κ2) is 5.94. The monoisotopic (exact) mass is 240 g/mol. The van der Waals surface area contributed by atoms with Gasteiger partial charge in [0.05, 0.1) is 24.5 Å². The number of aryl methyl sites for hydroxylation is 1. The highest BCUT2D eigenvalue weighted by atomic mass is 16.2. The summed E-state index contributed by atoms with van der Waals surface area (Å²) >= 11 is 0. The fourth-order valence-corrected chi connectivity index (χ4v) is 1.22. The fraction of sp³-hybridized carbons (Fsp3) is 0.556. The van der Waals surface area contributed by atoms with E-state index in [1.54, 1.807) is 6.20 Å². The van der Waals surface area contributed by atoms with E-state index in [1.165, 1.54) is 4.68 Å². The predicted octanol–water partition coefficient (Wildman–Crippen LogP) is -0.727. The number of hydrogen-bond donors (Lipinski definition) is 3. The highest BCUT2D eigenvalue weighted by Gasteiger charge is 2.09. The Labute approximate surface area is 98.3 Å². The average molecular weight is 240 g/mol. The van der Waals surface area contributed by atoms with Crippen LogP contribution in [0.2, 0.25) is 0 Å². The smallest absolute Gasteiger partial charge is 0.318 e. The van der Waals surface area contributed by atoms with E-state index in [9.17, 15) is 9.59 Å². The van der Waals surface area contributed by atoms with Gasteiger partial charge < -0.3 is 11.5 Å². The number of urea groups is 1. The molecule has 0 saturated carbocycles. The number of nitrogens with zero attached hydrogens (tertiary/aromatic N) is 3. The zero-order valence-corrected chi connectivity index (χ0v) is 9.59. The van der Waals surface area contributed by atoms with Crippen LogP contribution < -0.4 is 16.8 Å². The third-order valence-electron chi connectivity index (χ3n) is 2.21. The molecule has 17 heavy (non-hydrogen) atoms. The minimum atomic E-state index is -0.859. The number of carbonyl (C=O) groups excluding carboxylic acids is 2. The second-order valence-electron chi connectivity index (χ2n) is 3.58. The lowest BCUT2D eigenvalue weighted by molar-refractivity contribution is -0.120. The minimum absolute atomic E-state index is 0.104. The number of primary amides is 1. The molecule has 8 heteroatoms. The number of nitrogens with two attached hydrogens (primary N) is 2. The maximum Gasteiger partial charge on any atom is 0.318 e. The van der Waals surface area contributed by atoms with Crippen molar-refractivity contribution in [3.63, 3.8) is 0 Å². The standard InChI is InChI=1S/C9H16N6O2/c1-2-6(10)7-5-15(14-13-7)4-3-8(16)12-9(11)17/h5-6H,2-4,10H2,1H3,(H3,11,12,16,17). The van der Waals surface area contributed by atoms with Crippen LogP contribution in [0.1, 0.15) is 31.5 Å². The quantitative estimate of drug-likeness (QED) is 0.625. The van der Waals surface area contributed by atoms with Crippen molar-refractivity contribution >= 4 is 11.9 Å². The lowest BCUT2D eigenvalue weighted by Gasteiger charge is -2.02. The number of rotatable bonds is 5. The Morgan fingerprint density at radius 3 is 2.88 bits per heavy atom. The van der Waals surface area contributed by atoms with Gasteiger partial charge in [0.1, 0.15) is 0 Å². The molecule has 94 valence electrons. The van der Waals surface area contributed by atoms with Crippen LogP contribution in [-0.2, 0) is 11.3 Å². The molecule has 0 aromatic carbocycles. The van der Waals surface area contributed by atoms with Gasteiger partial charge in [0.25, 0.3) is 0 Å². The second-order valence-corrected chi connectivity index (χ2v) is 3.58. The van der Waals surface area contributed by atoms with Crippen molar-refractivity contribution in [2.45, 2.75) is 32.4 Å². The Kier molecular flexibility index (Phi) is 4.58. The lowest BCUT2D eigenvalue weighted by Crippen LogP contribution is -2.35. The van der Waals surface area contributed by atoms with Crippen molar-refractivity contribution in [2.75, 3.05) is 0 Å². The van der Waals surface area contributed by atoms with Gasteiger partial charge in [-0.15, -0.1) is 5.10 Å². The Bertz CT molecular complexity index is 402. The van der Waals surface area contributed by atoms with E-state index in [0.717, 1.165) is 6.42 Å². The van der Waals surface area contributed by atoms with Crippen molar-refractivity contribution in [3.8, 4) is 0 Å². The van der Waals surface area contributed by atoms with E-state index < -0.39 is 11.9 Å². The number of nitrogens with one attached hydrogen (secondary N) is 1. The first kappa shape index (κ1) is 13.1. The Hall–Kier alpha value is -1.96. The number of amides is 3. The molecule has 1 aromatic heterocycles. The van der Waals surface area contributed by atoms with Crippen LogP contribution in [0.15, 0.2) is 6.20 Å². The van der Waals surface area contributed by atoms with Gasteiger partial charge >= 0.3 is 6.03 Å². The van der Waals surface area contributed by atoms with Crippen LogP contribution >= 0.6 is 0 Å². The summed E-state index contributed by atoms with van der Waals surface area (Å²) < 4.78 is 1.51. The number of hydrogen-bond acceptors (Lipinski definition) is 5. The molecule has 0 bridgehead atoms. The SMILES string of the molecule is CCC(N)c1cn(CCC(=O)NC(N)=O)nn1. The molecule has 0 saturated heterocycles. The molecular weight excluding hydrogens is 224 g/mol. The summed E-state index contributed by atoms with van der Waals surface area (Å²) in [7, 11) is 0. The molecule has 0 aliphatic rings. The zero-order valence-electron chi connectivity index (χ0n) is 9.59. The van der Waals surface area contributed by atoms with Gasteiger partial charge in [-0.2, -0.15) is 0 Å². The van der Waals surface area contributed by atoms with E-state index in [1.807, 2.05) is 12.2 Å². The van der Waals surface area contributed by atoms with Crippen LogP contribution in [0.25, 0.3) is 0 Å². The normalized spacial score (nSPS) is 12.1. The van der Waals surface area contributed by atoms with Gasteiger partial charge in [-0.1, -0.05) is 12.1 Å². The van der Waals surface area contributed by atoms with Crippen LogP contribution in [0.4, 0.5) is 4.79 Å². The Morgan fingerprint density at radius 1 is 1.59 bits per heavy atom. The van der Waals surface area contributed by atoms with Gasteiger partial charge in [0, 0.05) is 6.42 Å². The van der Waals surface area contributed by atoms with Crippen molar-refractivity contribution in [3.05, 3.63) is 11.9 Å². The van der Waals surface area contributed by atoms with Crippen molar-refractivity contribution in [2.24, 2.45) is 11.5 Å². The average Bonchev–Trinajstić information content (AvgIpc) is 2.73. The Balaban J connectivity index is 2.44. The summed E-state index contributed by atoms with van der Waals surface area (Å²) in [5.74, 6) is -0.450. The summed E-state index contributed by atoms with van der Waals surface area (Å²) in [6.07, 6.45) is 2.56. The molecule has 0 spiro atoms. The van der Waals surface area contributed by atoms with Gasteiger partial charge in [-0.05, 0) is 6.42 Å². The molecule has 1 rings (SSSR count). The molecule has 1 atom stereocenters. The highest BCUT2D eigenvalue weighted by Crippen LogP contribution is 2.08. The van der Waals surface area contributed by atoms with Crippen LogP contribution in [-0.4, -0.2) is 26.9 Å². The summed E-state index contributed by atoms with van der Waals surface area (Å²) in [5, 5.41) is 9.68. The van der Waals surface area contributed by atoms with Gasteiger partial charge in [-0.25, -0.2) is 4.79 Å². The molecule has 0 aliphatic heterocycles. The van der Waals surface area contributed by atoms with Gasteiger partial charge in [-0.3, -0.25) is 14.8 Å². The Morgan fingerprint density at radius 2 is 2.29 bits per heavy atom. The van der Waals surface area contributed by atoms with Crippen LogP contribution in [0.3, 0.4) is 0 Å². The predicted molar refractivity (Wildman–Crippen MR) is 59.6 cm³/mol. The number of carbonyl (C=O) groups is 2. The molecule has 1 aromatic rings. The molecule has 1 heterocycles. The fourth-order valence-electron chi connectivity index (χ4n) is 1.22. The van der Waals surface area contributed by atoms with E-state index in [0.29, 0.717) is 12.2 Å². The summed E-state index contributed by atoms with van der Waals surface area (Å²) in [5.41, 5.74) is 11.3. The van der Waals surface area contributed by atoms with E-state index in [4.69, 9.17) is 11.5 Å². The lowest BCUT2D eigenvalue weighted by atomic mass is 10.2. The zero-order chi connectivity index (χ0) is 12.8. The first-order chi connectivity index (χ1) is 8.02. The minimum Gasteiger partial charge on any atom is -0.351 e. The molecular formula is C9H16N6O2. The van der Waals surface area contributed by atoms with Crippen molar-refractivity contribution in [1.82, 2.24) is 20.3 Å². The van der Waals surface area contributed by atoms with Crippen LogP contribution in [0.5, 0.6) is 0 Å². The first-order valence-electron chi connectivity index (χ1n) is 5.27. The molecule has 8 nitrogen and oxygen atoms in total.